The van der Waals surface area contributed by atoms with Crippen molar-refractivity contribution in [3.05, 3.63) is 0 Å². The van der Waals surface area contributed by atoms with E-state index in [1.807, 2.05) is 20.8 Å². The standard InChI is InChI=1S/C13H28N2O3/c1-13(2,3)15-12(16)6-8-14-7-5-9-18-11-10-17-4/h14H,5-11H2,1-4H3,(H,15,16). The Morgan fingerprint density at radius 1 is 1.11 bits per heavy atom. The highest BCUT2D eigenvalue weighted by atomic mass is 16.5. The minimum atomic E-state index is -0.147. The molecule has 2 N–H and O–H groups in total. The average Bonchev–Trinajstić information content (AvgIpc) is 2.24. The second kappa shape index (κ2) is 10.3. The van der Waals surface area contributed by atoms with E-state index in [4.69, 9.17) is 9.47 Å². The zero-order valence-electron chi connectivity index (χ0n) is 12.2. The first kappa shape index (κ1) is 17.4. The molecule has 18 heavy (non-hydrogen) atoms. The Balaban J connectivity index is 3.23. The Kier molecular flexibility index (Phi) is 9.92. The zero-order chi connectivity index (χ0) is 13.9. The topological polar surface area (TPSA) is 59.6 Å². The van der Waals surface area contributed by atoms with Gasteiger partial charge in [0, 0.05) is 32.2 Å². The van der Waals surface area contributed by atoms with E-state index < -0.39 is 0 Å². The summed E-state index contributed by atoms with van der Waals surface area (Å²) in [5.74, 6) is 0.0892. The molecule has 5 heteroatoms. The van der Waals surface area contributed by atoms with E-state index >= 15 is 0 Å². The van der Waals surface area contributed by atoms with Crippen LogP contribution in [-0.4, -0.2) is 51.5 Å². The van der Waals surface area contributed by atoms with E-state index in [0.29, 0.717) is 26.2 Å². The summed E-state index contributed by atoms with van der Waals surface area (Å²) in [5.41, 5.74) is -0.147. The van der Waals surface area contributed by atoms with Gasteiger partial charge in [0.25, 0.3) is 0 Å². The molecule has 5 nitrogen and oxygen atoms in total. The summed E-state index contributed by atoms with van der Waals surface area (Å²) < 4.78 is 10.2. The Morgan fingerprint density at radius 2 is 1.83 bits per heavy atom. The van der Waals surface area contributed by atoms with Gasteiger partial charge in [-0.3, -0.25) is 4.79 Å². The van der Waals surface area contributed by atoms with Gasteiger partial charge in [-0.1, -0.05) is 0 Å². The fraction of sp³-hybridized carbons (Fsp3) is 0.923. The van der Waals surface area contributed by atoms with Gasteiger partial charge < -0.3 is 20.1 Å². The Morgan fingerprint density at radius 3 is 2.44 bits per heavy atom. The first-order valence-electron chi connectivity index (χ1n) is 6.54. The fourth-order valence-corrected chi connectivity index (χ4v) is 1.35. The molecule has 0 fully saturated rings. The maximum Gasteiger partial charge on any atom is 0.221 e. The van der Waals surface area contributed by atoms with Crippen molar-refractivity contribution in [1.29, 1.82) is 0 Å². The third-order valence-corrected chi connectivity index (χ3v) is 2.12. The van der Waals surface area contributed by atoms with E-state index in [-0.39, 0.29) is 11.4 Å². The molecule has 0 aromatic rings. The van der Waals surface area contributed by atoms with E-state index in [1.165, 1.54) is 0 Å². The number of nitrogens with one attached hydrogen (secondary N) is 2. The number of amides is 1. The summed E-state index contributed by atoms with van der Waals surface area (Å²) in [6, 6.07) is 0. The molecule has 0 saturated heterocycles. The van der Waals surface area contributed by atoms with Gasteiger partial charge in [-0.2, -0.15) is 0 Å². The SMILES string of the molecule is COCCOCCCNCCC(=O)NC(C)(C)C. The van der Waals surface area contributed by atoms with E-state index in [2.05, 4.69) is 10.6 Å². The van der Waals surface area contributed by atoms with Gasteiger partial charge in [-0.05, 0) is 33.7 Å². The Hall–Kier alpha value is -0.650. The molecular formula is C13H28N2O3. The molecule has 0 bridgehead atoms. The van der Waals surface area contributed by atoms with Gasteiger partial charge >= 0.3 is 0 Å². The number of ether oxygens (including phenoxy) is 2. The van der Waals surface area contributed by atoms with Crippen LogP contribution in [0.3, 0.4) is 0 Å². The highest BCUT2D eigenvalue weighted by molar-refractivity contribution is 5.76. The smallest absolute Gasteiger partial charge is 0.221 e. The summed E-state index contributed by atoms with van der Waals surface area (Å²) in [6.07, 6.45) is 1.46. The van der Waals surface area contributed by atoms with E-state index in [9.17, 15) is 4.79 Å². The Labute approximate surface area is 111 Å². The summed E-state index contributed by atoms with van der Waals surface area (Å²) in [7, 11) is 1.66. The van der Waals surface area contributed by atoms with Crippen molar-refractivity contribution in [3.63, 3.8) is 0 Å². The summed E-state index contributed by atoms with van der Waals surface area (Å²) in [6.45, 7) is 9.53. The lowest BCUT2D eigenvalue weighted by Crippen LogP contribution is -2.41. The Bertz CT molecular complexity index is 215. The van der Waals surface area contributed by atoms with Crippen molar-refractivity contribution in [2.75, 3.05) is 40.0 Å². The second-order valence-electron chi connectivity index (χ2n) is 5.26. The number of methoxy groups -OCH3 is 1. The molecule has 0 aliphatic carbocycles. The molecule has 0 heterocycles. The number of rotatable bonds is 10. The van der Waals surface area contributed by atoms with E-state index in [0.717, 1.165) is 19.6 Å². The molecule has 0 spiro atoms. The fourth-order valence-electron chi connectivity index (χ4n) is 1.35. The minimum Gasteiger partial charge on any atom is -0.382 e. The monoisotopic (exact) mass is 260 g/mol. The average molecular weight is 260 g/mol. The molecule has 0 aliphatic heterocycles. The van der Waals surface area contributed by atoms with Crippen LogP contribution in [0.5, 0.6) is 0 Å². The molecule has 0 atom stereocenters. The number of carbonyl (C=O) groups excluding carboxylic acids is 1. The van der Waals surface area contributed by atoms with Crippen molar-refractivity contribution in [2.24, 2.45) is 0 Å². The molecule has 0 aliphatic rings. The molecule has 0 radical (unpaired) electrons. The lowest BCUT2D eigenvalue weighted by Gasteiger charge is -2.20. The maximum atomic E-state index is 11.5. The molecule has 0 aromatic heterocycles. The highest BCUT2D eigenvalue weighted by Crippen LogP contribution is 1.98. The summed E-state index contributed by atoms with van der Waals surface area (Å²) in [4.78, 5) is 11.5. The third kappa shape index (κ3) is 13.4. The van der Waals surface area contributed by atoms with Crippen molar-refractivity contribution < 1.29 is 14.3 Å². The molecule has 0 rings (SSSR count). The number of hydrogen-bond acceptors (Lipinski definition) is 4. The predicted octanol–water partition coefficient (Wildman–Crippen LogP) is 0.934. The van der Waals surface area contributed by atoms with Crippen LogP contribution in [0.4, 0.5) is 0 Å². The van der Waals surface area contributed by atoms with Crippen LogP contribution in [0.15, 0.2) is 0 Å². The number of carbonyl (C=O) groups is 1. The molecule has 0 saturated carbocycles. The molecule has 0 unspecified atom stereocenters. The molecular weight excluding hydrogens is 232 g/mol. The maximum absolute atomic E-state index is 11.5. The lowest BCUT2D eigenvalue weighted by molar-refractivity contribution is -0.122. The quantitative estimate of drug-likeness (QED) is 0.574. The van der Waals surface area contributed by atoms with Gasteiger partial charge in [0.15, 0.2) is 0 Å². The van der Waals surface area contributed by atoms with Crippen LogP contribution in [0.1, 0.15) is 33.6 Å². The lowest BCUT2D eigenvalue weighted by atomic mass is 10.1. The van der Waals surface area contributed by atoms with Crippen LogP contribution in [0.25, 0.3) is 0 Å². The normalized spacial score (nSPS) is 11.6. The number of hydrogen-bond donors (Lipinski definition) is 2. The summed E-state index contributed by atoms with van der Waals surface area (Å²) >= 11 is 0. The first-order chi connectivity index (χ1) is 8.45. The summed E-state index contributed by atoms with van der Waals surface area (Å²) in [5, 5.41) is 6.15. The largest absolute Gasteiger partial charge is 0.382 e. The first-order valence-corrected chi connectivity index (χ1v) is 6.54. The van der Waals surface area contributed by atoms with Gasteiger partial charge in [0.1, 0.15) is 0 Å². The zero-order valence-corrected chi connectivity index (χ0v) is 12.2. The van der Waals surface area contributed by atoms with Crippen LogP contribution in [-0.2, 0) is 14.3 Å². The van der Waals surface area contributed by atoms with E-state index in [1.54, 1.807) is 7.11 Å². The van der Waals surface area contributed by atoms with Crippen LogP contribution in [0, 0.1) is 0 Å². The van der Waals surface area contributed by atoms with Crippen molar-refractivity contribution in [3.8, 4) is 0 Å². The van der Waals surface area contributed by atoms with Crippen molar-refractivity contribution in [2.45, 2.75) is 39.2 Å². The van der Waals surface area contributed by atoms with Crippen molar-refractivity contribution in [1.82, 2.24) is 10.6 Å². The third-order valence-electron chi connectivity index (χ3n) is 2.12. The molecule has 108 valence electrons. The highest BCUT2D eigenvalue weighted by Gasteiger charge is 2.12. The second-order valence-corrected chi connectivity index (χ2v) is 5.26. The van der Waals surface area contributed by atoms with Crippen LogP contribution < -0.4 is 10.6 Å². The van der Waals surface area contributed by atoms with Gasteiger partial charge in [-0.25, -0.2) is 0 Å². The van der Waals surface area contributed by atoms with Crippen LogP contribution in [0.2, 0.25) is 0 Å². The molecule has 1 amide bonds. The van der Waals surface area contributed by atoms with Gasteiger partial charge in [0.2, 0.25) is 5.91 Å². The van der Waals surface area contributed by atoms with Gasteiger partial charge in [0.05, 0.1) is 13.2 Å². The molecule has 0 aromatic carbocycles. The van der Waals surface area contributed by atoms with Crippen LogP contribution >= 0.6 is 0 Å². The van der Waals surface area contributed by atoms with Crippen molar-refractivity contribution >= 4 is 5.91 Å². The predicted molar refractivity (Wildman–Crippen MR) is 72.7 cm³/mol. The minimum absolute atomic E-state index is 0.0892. The van der Waals surface area contributed by atoms with Gasteiger partial charge in [-0.15, -0.1) is 0 Å².